The molecule has 6 nitrogen and oxygen atoms in total. The molecule has 134 valence electrons. The van der Waals surface area contributed by atoms with Crippen LogP contribution in [0.15, 0.2) is 6.20 Å². The second-order valence-electron chi connectivity index (χ2n) is 7.47. The second kappa shape index (κ2) is 7.23. The molecule has 3 rings (SSSR count). The van der Waals surface area contributed by atoms with Crippen molar-refractivity contribution in [2.45, 2.75) is 39.2 Å². The van der Waals surface area contributed by atoms with Crippen LogP contribution in [0.2, 0.25) is 0 Å². The molecule has 1 N–H and O–H groups in total. The zero-order chi connectivity index (χ0) is 17.2. The summed E-state index contributed by atoms with van der Waals surface area (Å²) in [5.41, 5.74) is 2.58. The van der Waals surface area contributed by atoms with E-state index in [9.17, 15) is 4.79 Å². The molecule has 2 fully saturated rings. The molecule has 1 aliphatic carbocycles. The van der Waals surface area contributed by atoms with E-state index in [1.165, 1.54) is 18.4 Å². The average Bonchev–Trinajstić information content (AvgIpc) is 3.22. The van der Waals surface area contributed by atoms with Gasteiger partial charge in [-0.15, -0.1) is 0 Å². The minimum absolute atomic E-state index is 0.161. The zero-order valence-corrected chi connectivity index (χ0v) is 15.2. The topological polar surface area (TPSA) is 59.4 Å². The van der Waals surface area contributed by atoms with Gasteiger partial charge in [0.25, 0.3) is 0 Å². The Kier molecular flexibility index (Phi) is 5.25. The summed E-state index contributed by atoms with van der Waals surface area (Å²) in [5, 5.41) is 7.50. The third-order valence-corrected chi connectivity index (χ3v) is 5.80. The first-order chi connectivity index (χ1) is 11.5. The van der Waals surface area contributed by atoms with E-state index in [1.54, 1.807) is 7.11 Å². The monoisotopic (exact) mass is 334 g/mol. The third kappa shape index (κ3) is 3.49. The Bertz CT molecular complexity index is 586. The smallest absolute Gasteiger partial charge is 0.223 e. The highest BCUT2D eigenvalue weighted by Crippen LogP contribution is 2.50. The normalized spacial score (nSPS) is 27.2. The van der Waals surface area contributed by atoms with Gasteiger partial charge in [0.05, 0.1) is 12.3 Å². The molecule has 1 aliphatic heterocycles. The molecule has 0 radical (unpaired) electrons. The van der Waals surface area contributed by atoms with E-state index in [0.29, 0.717) is 13.2 Å². The quantitative estimate of drug-likeness (QED) is 0.801. The van der Waals surface area contributed by atoms with Gasteiger partial charge < -0.3 is 10.1 Å². The van der Waals surface area contributed by atoms with E-state index < -0.39 is 0 Å². The number of nitrogens with zero attached hydrogens (tertiary/aromatic N) is 3. The van der Waals surface area contributed by atoms with Crippen LogP contribution in [-0.4, -0.2) is 53.9 Å². The van der Waals surface area contributed by atoms with E-state index in [0.717, 1.165) is 38.2 Å². The lowest BCUT2D eigenvalue weighted by Crippen LogP contribution is -2.41. The van der Waals surface area contributed by atoms with E-state index in [4.69, 9.17) is 4.74 Å². The van der Waals surface area contributed by atoms with Crippen molar-refractivity contribution in [2.24, 2.45) is 18.4 Å². The highest BCUT2D eigenvalue weighted by molar-refractivity contribution is 5.80. The van der Waals surface area contributed by atoms with Crippen LogP contribution in [0.5, 0.6) is 0 Å². The van der Waals surface area contributed by atoms with Crippen molar-refractivity contribution in [1.82, 2.24) is 20.0 Å². The van der Waals surface area contributed by atoms with Gasteiger partial charge in [0.2, 0.25) is 5.91 Å². The highest BCUT2D eigenvalue weighted by atomic mass is 16.5. The zero-order valence-electron chi connectivity index (χ0n) is 15.2. The van der Waals surface area contributed by atoms with Crippen molar-refractivity contribution < 1.29 is 9.53 Å². The van der Waals surface area contributed by atoms with Gasteiger partial charge in [-0.1, -0.05) is 6.42 Å². The Morgan fingerprint density at radius 1 is 1.50 bits per heavy atom. The van der Waals surface area contributed by atoms with Crippen LogP contribution in [0.1, 0.15) is 36.9 Å². The fourth-order valence-corrected chi connectivity index (χ4v) is 4.60. The first kappa shape index (κ1) is 17.4. The van der Waals surface area contributed by atoms with Crippen molar-refractivity contribution in [2.75, 3.05) is 33.4 Å². The van der Waals surface area contributed by atoms with Gasteiger partial charge in [-0.2, -0.15) is 5.10 Å². The summed E-state index contributed by atoms with van der Waals surface area (Å²) in [6.45, 7) is 6.32. The molecule has 24 heavy (non-hydrogen) atoms. The fraction of sp³-hybridized carbons (Fsp3) is 0.778. The standard InChI is InChI=1S/C18H30N4O2/c1-14-15(11-21(2)20-14)12-22-9-7-18(13-22)6-4-5-16(18)17(23)19-8-10-24-3/h11,16H,4-10,12-13H2,1-3H3,(H,19,23)/t16-,18+/m0/s1. The summed E-state index contributed by atoms with van der Waals surface area (Å²) in [6, 6.07) is 0. The largest absolute Gasteiger partial charge is 0.383 e. The van der Waals surface area contributed by atoms with Gasteiger partial charge in [0.15, 0.2) is 0 Å². The molecular formula is C18H30N4O2. The molecule has 0 unspecified atom stereocenters. The molecule has 1 spiro atoms. The van der Waals surface area contributed by atoms with E-state index >= 15 is 0 Å². The maximum atomic E-state index is 12.6. The van der Waals surface area contributed by atoms with Crippen molar-refractivity contribution in [3.8, 4) is 0 Å². The predicted molar refractivity (Wildman–Crippen MR) is 92.5 cm³/mol. The van der Waals surface area contributed by atoms with Gasteiger partial charge >= 0.3 is 0 Å². The Hall–Kier alpha value is -1.40. The molecule has 1 amide bonds. The van der Waals surface area contributed by atoms with Gasteiger partial charge in [-0.25, -0.2) is 0 Å². The number of aryl methyl sites for hydroxylation is 2. The van der Waals surface area contributed by atoms with E-state index in [-0.39, 0.29) is 17.2 Å². The molecule has 2 atom stereocenters. The molecule has 2 aliphatic rings. The van der Waals surface area contributed by atoms with Crippen molar-refractivity contribution in [3.63, 3.8) is 0 Å². The third-order valence-electron chi connectivity index (χ3n) is 5.80. The number of ether oxygens (including phenoxy) is 1. The molecule has 0 bridgehead atoms. The summed E-state index contributed by atoms with van der Waals surface area (Å²) in [6.07, 6.45) is 6.62. The molecular weight excluding hydrogens is 304 g/mol. The van der Waals surface area contributed by atoms with Gasteiger partial charge in [0.1, 0.15) is 0 Å². The lowest BCUT2D eigenvalue weighted by Gasteiger charge is -2.30. The summed E-state index contributed by atoms with van der Waals surface area (Å²) in [5.74, 6) is 0.387. The van der Waals surface area contributed by atoms with Gasteiger partial charge in [-0.05, 0) is 38.1 Å². The maximum Gasteiger partial charge on any atom is 0.223 e. The van der Waals surface area contributed by atoms with Crippen LogP contribution in [0.3, 0.4) is 0 Å². The first-order valence-electron chi connectivity index (χ1n) is 9.02. The predicted octanol–water partition coefficient (Wildman–Crippen LogP) is 1.48. The molecule has 1 saturated carbocycles. The van der Waals surface area contributed by atoms with Crippen LogP contribution in [0, 0.1) is 18.3 Å². The number of hydrogen-bond acceptors (Lipinski definition) is 4. The number of methoxy groups -OCH3 is 1. The van der Waals surface area contributed by atoms with Crippen molar-refractivity contribution in [3.05, 3.63) is 17.5 Å². The number of nitrogens with one attached hydrogen (secondary N) is 1. The summed E-state index contributed by atoms with van der Waals surface area (Å²) in [4.78, 5) is 15.1. The van der Waals surface area contributed by atoms with Crippen LogP contribution in [0.25, 0.3) is 0 Å². The van der Waals surface area contributed by atoms with Crippen LogP contribution < -0.4 is 5.32 Å². The number of aromatic nitrogens is 2. The maximum absolute atomic E-state index is 12.6. The summed E-state index contributed by atoms with van der Waals surface area (Å²) < 4.78 is 6.92. The molecule has 1 aromatic rings. The SMILES string of the molecule is COCCNC(=O)[C@@H]1CCC[C@]12CCN(Cc1cn(C)nc1C)C2. The first-order valence-corrected chi connectivity index (χ1v) is 9.02. The highest BCUT2D eigenvalue weighted by Gasteiger charge is 2.50. The fourth-order valence-electron chi connectivity index (χ4n) is 4.60. The van der Waals surface area contributed by atoms with E-state index in [1.807, 2.05) is 11.7 Å². The minimum atomic E-state index is 0.161. The number of amides is 1. The van der Waals surface area contributed by atoms with Crippen molar-refractivity contribution >= 4 is 5.91 Å². The van der Waals surface area contributed by atoms with Crippen LogP contribution in [-0.2, 0) is 23.1 Å². The summed E-state index contributed by atoms with van der Waals surface area (Å²) >= 11 is 0. The van der Waals surface area contributed by atoms with Crippen molar-refractivity contribution in [1.29, 1.82) is 0 Å². The molecule has 2 heterocycles. The van der Waals surface area contributed by atoms with Gasteiger partial charge in [-0.3, -0.25) is 14.4 Å². The van der Waals surface area contributed by atoms with E-state index in [2.05, 4.69) is 28.4 Å². The number of hydrogen-bond donors (Lipinski definition) is 1. The summed E-state index contributed by atoms with van der Waals surface area (Å²) in [7, 11) is 3.64. The number of rotatable bonds is 6. The number of carbonyl (C=O) groups is 1. The lowest BCUT2D eigenvalue weighted by molar-refractivity contribution is -0.128. The average molecular weight is 334 g/mol. The molecule has 1 aromatic heterocycles. The van der Waals surface area contributed by atoms with Crippen LogP contribution in [0.4, 0.5) is 0 Å². The number of likely N-dealkylation sites (tertiary alicyclic amines) is 1. The Balaban J connectivity index is 1.61. The second-order valence-corrected chi connectivity index (χ2v) is 7.47. The number of carbonyl (C=O) groups excluding carboxylic acids is 1. The molecule has 6 heteroatoms. The Morgan fingerprint density at radius 2 is 2.33 bits per heavy atom. The van der Waals surface area contributed by atoms with Gasteiger partial charge in [0, 0.05) is 51.5 Å². The Labute approximate surface area is 144 Å². The lowest BCUT2D eigenvalue weighted by atomic mass is 9.76. The minimum Gasteiger partial charge on any atom is -0.383 e. The Morgan fingerprint density at radius 3 is 3.04 bits per heavy atom. The molecule has 0 aromatic carbocycles. The van der Waals surface area contributed by atoms with Crippen LogP contribution >= 0.6 is 0 Å². The molecule has 1 saturated heterocycles.